The largest absolute Gasteiger partial charge is 0.504 e. The van der Waals surface area contributed by atoms with Gasteiger partial charge in [0.25, 0.3) is 0 Å². The molecule has 0 bridgehead atoms. The minimum Gasteiger partial charge on any atom is -0.504 e. The number of aryl methyl sites for hydroxylation is 1. The molecule has 0 saturated heterocycles. The number of aromatic hydroxyl groups is 1. The third kappa shape index (κ3) is 1.15. The van der Waals surface area contributed by atoms with Crippen LogP contribution in [0.4, 0.5) is 5.69 Å². The number of aromatic nitrogens is 1. The standard InChI is InChI=1S/C8H12N2O2/c1-5(11)7-8(12)6(9-2)4-10(7)3/h4,9,12H,1-3H3. The third-order valence-electron chi connectivity index (χ3n) is 1.76. The van der Waals surface area contributed by atoms with Crippen LogP contribution in [0.2, 0.25) is 0 Å². The van der Waals surface area contributed by atoms with Gasteiger partial charge in [0.1, 0.15) is 5.69 Å². The van der Waals surface area contributed by atoms with Crippen LogP contribution in [-0.4, -0.2) is 22.5 Å². The highest BCUT2D eigenvalue weighted by molar-refractivity contribution is 5.97. The molecule has 0 atom stereocenters. The first-order valence-electron chi connectivity index (χ1n) is 3.65. The van der Waals surface area contributed by atoms with Gasteiger partial charge in [-0.15, -0.1) is 0 Å². The van der Waals surface area contributed by atoms with E-state index in [1.807, 2.05) is 0 Å². The highest BCUT2D eigenvalue weighted by Gasteiger charge is 2.15. The molecule has 0 saturated carbocycles. The highest BCUT2D eigenvalue weighted by Crippen LogP contribution is 2.28. The summed E-state index contributed by atoms with van der Waals surface area (Å²) in [7, 11) is 3.41. The summed E-state index contributed by atoms with van der Waals surface area (Å²) in [5, 5.41) is 12.3. The Morgan fingerprint density at radius 1 is 1.67 bits per heavy atom. The van der Waals surface area contributed by atoms with Gasteiger partial charge in [0.05, 0.1) is 5.69 Å². The summed E-state index contributed by atoms with van der Waals surface area (Å²) in [5.41, 5.74) is 0.905. The maximum Gasteiger partial charge on any atom is 0.180 e. The number of carbonyl (C=O) groups is 1. The maximum absolute atomic E-state index is 11.0. The van der Waals surface area contributed by atoms with Crippen molar-refractivity contribution in [3.8, 4) is 5.75 Å². The number of ketones is 1. The fraction of sp³-hybridized carbons (Fsp3) is 0.375. The second-order valence-corrected chi connectivity index (χ2v) is 2.66. The molecule has 0 aliphatic rings. The summed E-state index contributed by atoms with van der Waals surface area (Å²) in [4.78, 5) is 11.0. The number of hydrogen-bond donors (Lipinski definition) is 2. The fourth-order valence-electron chi connectivity index (χ4n) is 1.21. The first-order valence-corrected chi connectivity index (χ1v) is 3.65. The van der Waals surface area contributed by atoms with E-state index in [0.717, 1.165) is 0 Å². The monoisotopic (exact) mass is 168 g/mol. The van der Waals surface area contributed by atoms with E-state index in [0.29, 0.717) is 11.4 Å². The Bertz CT molecular complexity index is 315. The average Bonchev–Trinajstić information content (AvgIpc) is 2.25. The molecule has 0 unspecified atom stereocenters. The summed E-state index contributed by atoms with van der Waals surface area (Å²) in [6, 6.07) is 0. The van der Waals surface area contributed by atoms with E-state index in [4.69, 9.17) is 0 Å². The Balaban J connectivity index is 3.28. The van der Waals surface area contributed by atoms with E-state index in [1.54, 1.807) is 24.9 Å². The molecule has 66 valence electrons. The van der Waals surface area contributed by atoms with Crippen molar-refractivity contribution in [2.75, 3.05) is 12.4 Å². The van der Waals surface area contributed by atoms with Crippen LogP contribution < -0.4 is 5.32 Å². The molecule has 0 aliphatic heterocycles. The van der Waals surface area contributed by atoms with Gasteiger partial charge >= 0.3 is 0 Å². The Labute approximate surface area is 70.8 Å². The minimum atomic E-state index is -0.142. The van der Waals surface area contributed by atoms with Gasteiger partial charge in [-0.2, -0.15) is 0 Å². The molecule has 0 fully saturated rings. The van der Waals surface area contributed by atoms with E-state index >= 15 is 0 Å². The highest BCUT2D eigenvalue weighted by atomic mass is 16.3. The predicted molar refractivity (Wildman–Crippen MR) is 46.6 cm³/mol. The molecule has 0 aromatic carbocycles. The number of nitrogens with one attached hydrogen (secondary N) is 1. The summed E-state index contributed by atoms with van der Waals surface area (Å²) in [6.45, 7) is 1.43. The van der Waals surface area contributed by atoms with Gasteiger partial charge in [-0.05, 0) is 0 Å². The maximum atomic E-state index is 11.0. The molecule has 0 aliphatic carbocycles. The van der Waals surface area contributed by atoms with Crippen molar-refractivity contribution in [1.29, 1.82) is 0 Å². The Morgan fingerprint density at radius 3 is 2.50 bits per heavy atom. The van der Waals surface area contributed by atoms with E-state index in [1.165, 1.54) is 6.92 Å². The van der Waals surface area contributed by atoms with Crippen LogP contribution in [0.5, 0.6) is 5.75 Å². The zero-order valence-corrected chi connectivity index (χ0v) is 7.38. The van der Waals surface area contributed by atoms with E-state index < -0.39 is 0 Å². The normalized spacial score (nSPS) is 9.92. The van der Waals surface area contributed by atoms with Crippen LogP contribution in [0, 0.1) is 0 Å². The van der Waals surface area contributed by atoms with Crippen molar-refractivity contribution < 1.29 is 9.90 Å². The average molecular weight is 168 g/mol. The second kappa shape index (κ2) is 2.89. The van der Waals surface area contributed by atoms with Crippen LogP contribution >= 0.6 is 0 Å². The minimum absolute atomic E-state index is 0.0208. The second-order valence-electron chi connectivity index (χ2n) is 2.66. The molecule has 0 radical (unpaired) electrons. The van der Waals surface area contributed by atoms with Gasteiger partial charge in [-0.1, -0.05) is 0 Å². The van der Waals surface area contributed by atoms with Gasteiger partial charge in [0.15, 0.2) is 11.5 Å². The lowest BCUT2D eigenvalue weighted by molar-refractivity contribution is 0.100. The Hall–Kier alpha value is -1.45. The van der Waals surface area contributed by atoms with Crippen molar-refractivity contribution in [2.24, 2.45) is 7.05 Å². The number of hydrogen-bond acceptors (Lipinski definition) is 3. The van der Waals surface area contributed by atoms with E-state index in [-0.39, 0.29) is 11.5 Å². The van der Waals surface area contributed by atoms with Crippen LogP contribution in [0.25, 0.3) is 0 Å². The van der Waals surface area contributed by atoms with Crippen molar-refractivity contribution in [3.05, 3.63) is 11.9 Å². The molecule has 1 aromatic heterocycles. The van der Waals surface area contributed by atoms with Crippen molar-refractivity contribution in [3.63, 3.8) is 0 Å². The molecule has 4 heteroatoms. The van der Waals surface area contributed by atoms with Gasteiger partial charge in [-0.25, -0.2) is 0 Å². The fourth-order valence-corrected chi connectivity index (χ4v) is 1.21. The summed E-state index contributed by atoms with van der Waals surface area (Å²) in [6.07, 6.45) is 1.67. The Morgan fingerprint density at radius 2 is 2.25 bits per heavy atom. The van der Waals surface area contributed by atoms with Crippen LogP contribution in [0.3, 0.4) is 0 Å². The number of Topliss-reactive ketones (excluding diaryl/α,β-unsaturated/α-hetero) is 1. The molecular weight excluding hydrogens is 156 g/mol. The Kier molecular flexibility index (Phi) is 2.08. The first-order chi connectivity index (χ1) is 5.57. The van der Waals surface area contributed by atoms with Crippen LogP contribution in [-0.2, 0) is 7.05 Å². The molecule has 1 rings (SSSR count). The SMILES string of the molecule is CNc1cn(C)c(C(C)=O)c1O. The van der Waals surface area contributed by atoms with Gasteiger partial charge in [0.2, 0.25) is 0 Å². The van der Waals surface area contributed by atoms with Gasteiger partial charge < -0.3 is 15.0 Å². The first kappa shape index (κ1) is 8.64. The molecule has 1 heterocycles. The lowest BCUT2D eigenvalue weighted by Crippen LogP contribution is -2.00. The predicted octanol–water partition coefficient (Wildman–Crippen LogP) is 0.975. The smallest absolute Gasteiger partial charge is 0.180 e. The van der Waals surface area contributed by atoms with Crippen molar-refractivity contribution in [1.82, 2.24) is 4.57 Å². The molecule has 0 amide bonds. The third-order valence-corrected chi connectivity index (χ3v) is 1.76. The number of nitrogens with zero attached hydrogens (tertiary/aromatic N) is 1. The molecule has 2 N–H and O–H groups in total. The molecule has 12 heavy (non-hydrogen) atoms. The van der Waals surface area contributed by atoms with Gasteiger partial charge in [-0.3, -0.25) is 4.79 Å². The van der Waals surface area contributed by atoms with E-state index in [9.17, 15) is 9.90 Å². The number of rotatable bonds is 2. The number of anilines is 1. The van der Waals surface area contributed by atoms with Gasteiger partial charge in [0, 0.05) is 27.2 Å². The van der Waals surface area contributed by atoms with Crippen LogP contribution in [0.15, 0.2) is 6.20 Å². The van der Waals surface area contributed by atoms with Crippen molar-refractivity contribution >= 4 is 11.5 Å². The topological polar surface area (TPSA) is 54.3 Å². The van der Waals surface area contributed by atoms with E-state index in [2.05, 4.69) is 5.32 Å². The zero-order chi connectivity index (χ0) is 9.30. The van der Waals surface area contributed by atoms with Crippen LogP contribution in [0.1, 0.15) is 17.4 Å². The molecule has 0 spiro atoms. The van der Waals surface area contributed by atoms with Crippen molar-refractivity contribution in [2.45, 2.75) is 6.92 Å². The zero-order valence-electron chi connectivity index (χ0n) is 7.38. The number of carbonyl (C=O) groups excluding carboxylic acids is 1. The quantitative estimate of drug-likeness (QED) is 0.647. The summed E-state index contributed by atoms with van der Waals surface area (Å²) < 4.78 is 1.60. The molecule has 1 aromatic rings. The molecule has 4 nitrogen and oxygen atoms in total. The summed E-state index contributed by atoms with van der Waals surface area (Å²) >= 11 is 0. The molecular formula is C8H12N2O2. The summed E-state index contributed by atoms with van der Waals surface area (Å²) in [5.74, 6) is -0.121. The lowest BCUT2D eigenvalue weighted by atomic mass is 10.3. The lowest BCUT2D eigenvalue weighted by Gasteiger charge is -1.97.